The molecule has 0 unspecified atom stereocenters. The lowest BCUT2D eigenvalue weighted by Crippen LogP contribution is -2.06. The van der Waals surface area contributed by atoms with E-state index in [1.807, 2.05) is 30.3 Å². The fraction of sp³-hybridized carbons (Fsp3) is 0.200. The van der Waals surface area contributed by atoms with Crippen LogP contribution in [-0.4, -0.2) is 21.8 Å². The van der Waals surface area contributed by atoms with Crippen molar-refractivity contribution >= 4 is 11.8 Å². The topological polar surface area (TPSA) is 79.4 Å². The third kappa shape index (κ3) is 2.71. The van der Waals surface area contributed by atoms with Gasteiger partial charge in [0.05, 0.1) is 0 Å². The number of carbonyl (C=O) groups is 2. The van der Waals surface area contributed by atoms with Gasteiger partial charge in [-0.25, -0.2) is 4.79 Å². The summed E-state index contributed by atoms with van der Waals surface area (Å²) in [5.74, 6) is -1.35. The lowest BCUT2D eigenvalue weighted by atomic mass is 10.2. The number of H-pyrrole nitrogens is 1. The maximum Gasteiger partial charge on any atom is 0.344 e. The maximum atomic E-state index is 12.0. The Kier molecular flexibility index (Phi) is 3.89. The summed E-state index contributed by atoms with van der Waals surface area (Å²) in [6.07, 6.45) is 0. The zero-order chi connectivity index (χ0) is 14.7. The number of Topliss-reactive ketones (excluding diaryl/α,β-unsaturated/α-hetero) is 1. The highest BCUT2D eigenvalue weighted by atomic mass is 16.5. The molecule has 0 aliphatic carbocycles. The number of aromatic amines is 1. The molecular weight excluding hydrogens is 258 g/mol. The van der Waals surface area contributed by atoms with Gasteiger partial charge in [-0.05, 0) is 12.5 Å². The molecule has 0 fully saturated rings. The van der Waals surface area contributed by atoms with Crippen LogP contribution in [0.1, 0.15) is 39.0 Å². The molecule has 0 amide bonds. The van der Waals surface area contributed by atoms with Crippen LogP contribution in [-0.2, 0) is 11.3 Å². The first-order valence-corrected chi connectivity index (χ1v) is 6.14. The summed E-state index contributed by atoms with van der Waals surface area (Å²) >= 11 is 0. The molecule has 5 nitrogen and oxygen atoms in total. The number of carbonyl (C=O) groups excluding carboxylic acids is 2. The van der Waals surface area contributed by atoms with Crippen molar-refractivity contribution in [2.75, 3.05) is 0 Å². The fourth-order valence-corrected chi connectivity index (χ4v) is 1.91. The molecule has 0 aliphatic heterocycles. The molecule has 1 heterocycles. The Labute approximate surface area is 116 Å². The van der Waals surface area contributed by atoms with Gasteiger partial charge in [0.15, 0.2) is 11.5 Å². The standard InChI is InChI=1S/C15H15NO4/c1-9-12(14(18)13(16-9)10(2)17)15(19)20-8-11-6-4-3-5-7-11/h3-7,16,18H,8H2,1-2H3. The van der Waals surface area contributed by atoms with E-state index in [0.717, 1.165) is 5.56 Å². The monoisotopic (exact) mass is 273 g/mol. The Hall–Kier alpha value is -2.56. The van der Waals surface area contributed by atoms with Crippen molar-refractivity contribution in [3.8, 4) is 5.75 Å². The van der Waals surface area contributed by atoms with Gasteiger partial charge in [0, 0.05) is 12.6 Å². The van der Waals surface area contributed by atoms with E-state index in [4.69, 9.17) is 4.74 Å². The second-order valence-electron chi connectivity index (χ2n) is 4.47. The molecule has 0 spiro atoms. The molecule has 2 rings (SSSR count). The lowest BCUT2D eigenvalue weighted by molar-refractivity contribution is 0.0469. The van der Waals surface area contributed by atoms with Crippen molar-refractivity contribution < 1.29 is 19.4 Å². The van der Waals surface area contributed by atoms with Crippen molar-refractivity contribution in [1.29, 1.82) is 0 Å². The van der Waals surface area contributed by atoms with Gasteiger partial charge in [-0.15, -0.1) is 0 Å². The molecule has 5 heteroatoms. The van der Waals surface area contributed by atoms with E-state index in [1.165, 1.54) is 6.92 Å². The first kappa shape index (κ1) is 13.9. The molecule has 20 heavy (non-hydrogen) atoms. The molecule has 0 atom stereocenters. The summed E-state index contributed by atoms with van der Waals surface area (Å²) in [6, 6.07) is 9.22. The van der Waals surface area contributed by atoms with Crippen molar-refractivity contribution in [2.45, 2.75) is 20.5 Å². The Bertz CT molecular complexity index is 643. The molecule has 0 bridgehead atoms. The van der Waals surface area contributed by atoms with E-state index in [9.17, 15) is 14.7 Å². The predicted octanol–water partition coefficient (Wildman–Crippen LogP) is 2.59. The van der Waals surface area contributed by atoms with Crippen LogP contribution >= 0.6 is 0 Å². The van der Waals surface area contributed by atoms with Crippen molar-refractivity contribution in [3.05, 3.63) is 52.8 Å². The van der Waals surface area contributed by atoms with Gasteiger partial charge in [-0.1, -0.05) is 30.3 Å². The largest absolute Gasteiger partial charge is 0.505 e. The van der Waals surface area contributed by atoms with Crippen LogP contribution in [0, 0.1) is 6.92 Å². The van der Waals surface area contributed by atoms with Crippen LogP contribution in [0.25, 0.3) is 0 Å². The third-order valence-electron chi connectivity index (χ3n) is 2.93. The Balaban J connectivity index is 2.16. The summed E-state index contributed by atoms with van der Waals surface area (Å²) in [5, 5.41) is 9.89. The molecule has 0 saturated carbocycles. The van der Waals surface area contributed by atoms with Gasteiger partial charge in [0.25, 0.3) is 0 Å². The van der Waals surface area contributed by atoms with E-state index in [0.29, 0.717) is 5.69 Å². The number of aryl methyl sites for hydroxylation is 1. The summed E-state index contributed by atoms with van der Waals surface area (Å²) in [7, 11) is 0. The number of rotatable bonds is 4. The van der Waals surface area contributed by atoms with Gasteiger partial charge in [0.1, 0.15) is 17.9 Å². The lowest BCUT2D eigenvalue weighted by Gasteiger charge is -2.05. The highest BCUT2D eigenvalue weighted by Gasteiger charge is 2.23. The molecule has 0 radical (unpaired) electrons. The van der Waals surface area contributed by atoms with Gasteiger partial charge in [0.2, 0.25) is 0 Å². The van der Waals surface area contributed by atoms with Crippen LogP contribution in [0.2, 0.25) is 0 Å². The Morgan fingerprint density at radius 1 is 1.25 bits per heavy atom. The minimum atomic E-state index is -0.660. The van der Waals surface area contributed by atoms with E-state index in [2.05, 4.69) is 4.98 Å². The van der Waals surface area contributed by atoms with Crippen LogP contribution in [0.15, 0.2) is 30.3 Å². The molecule has 1 aromatic carbocycles. The number of hydrogen-bond donors (Lipinski definition) is 2. The predicted molar refractivity (Wildman–Crippen MR) is 72.8 cm³/mol. The number of nitrogens with one attached hydrogen (secondary N) is 1. The molecular formula is C15H15NO4. The first-order valence-electron chi connectivity index (χ1n) is 6.14. The number of benzene rings is 1. The number of esters is 1. The maximum absolute atomic E-state index is 12.0. The molecule has 0 saturated heterocycles. The van der Waals surface area contributed by atoms with E-state index < -0.39 is 5.97 Å². The average Bonchev–Trinajstić information content (AvgIpc) is 2.73. The zero-order valence-corrected chi connectivity index (χ0v) is 11.3. The number of aromatic nitrogens is 1. The fourth-order valence-electron chi connectivity index (χ4n) is 1.91. The molecule has 1 aromatic heterocycles. The van der Waals surface area contributed by atoms with Gasteiger partial charge in [-0.2, -0.15) is 0 Å². The van der Waals surface area contributed by atoms with E-state index in [-0.39, 0.29) is 29.4 Å². The summed E-state index contributed by atoms with van der Waals surface area (Å²) in [4.78, 5) is 26.0. The second-order valence-corrected chi connectivity index (χ2v) is 4.47. The van der Waals surface area contributed by atoms with Crippen molar-refractivity contribution in [2.24, 2.45) is 0 Å². The number of hydrogen-bond acceptors (Lipinski definition) is 4. The molecule has 104 valence electrons. The number of aromatic hydroxyl groups is 1. The summed E-state index contributed by atoms with van der Waals surface area (Å²) < 4.78 is 5.14. The highest BCUT2D eigenvalue weighted by Crippen LogP contribution is 2.27. The first-order chi connectivity index (χ1) is 9.50. The quantitative estimate of drug-likeness (QED) is 0.663. The normalized spacial score (nSPS) is 10.3. The second kappa shape index (κ2) is 5.61. The van der Waals surface area contributed by atoms with Crippen LogP contribution in [0.5, 0.6) is 5.75 Å². The highest BCUT2D eigenvalue weighted by molar-refractivity contribution is 6.02. The van der Waals surface area contributed by atoms with Gasteiger partial charge in [-0.3, -0.25) is 4.79 Å². The van der Waals surface area contributed by atoms with E-state index in [1.54, 1.807) is 6.92 Å². The molecule has 0 aliphatic rings. The van der Waals surface area contributed by atoms with Gasteiger partial charge < -0.3 is 14.8 Å². The SMILES string of the molecule is CC(=O)c1[nH]c(C)c(C(=O)OCc2ccccc2)c1O. The zero-order valence-electron chi connectivity index (χ0n) is 11.3. The molecule has 2 N–H and O–H groups in total. The van der Waals surface area contributed by atoms with E-state index >= 15 is 0 Å². The number of ether oxygens (including phenoxy) is 1. The molecule has 2 aromatic rings. The smallest absolute Gasteiger partial charge is 0.344 e. The summed E-state index contributed by atoms with van der Waals surface area (Å²) in [5.41, 5.74) is 1.28. The minimum Gasteiger partial charge on any atom is -0.505 e. The minimum absolute atomic E-state index is 0.00568. The average molecular weight is 273 g/mol. The van der Waals surface area contributed by atoms with Crippen molar-refractivity contribution in [1.82, 2.24) is 4.98 Å². The third-order valence-corrected chi connectivity index (χ3v) is 2.93. The number of ketones is 1. The van der Waals surface area contributed by atoms with Crippen LogP contribution < -0.4 is 0 Å². The summed E-state index contributed by atoms with van der Waals surface area (Å²) in [6.45, 7) is 3.02. The van der Waals surface area contributed by atoms with Crippen LogP contribution in [0.4, 0.5) is 0 Å². The van der Waals surface area contributed by atoms with Crippen molar-refractivity contribution in [3.63, 3.8) is 0 Å². The Morgan fingerprint density at radius 2 is 1.90 bits per heavy atom. The van der Waals surface area contributed by atoms with Gasteiger partial charge >= 0.3 is 5.97 Å². The Morgan fingerprint density at radius 3 is 2.45 bits per heavy atom. The van der Waals surface area contributed by atoms with Crippen LogP contribution in [0.3, 0.4) is 0 Å².